The first-order valence-electron chi connectivity index (χ1n) is 10.3. The minimum Gasteiger partial charge on any atom is -0.444 e. The third kappa shape index (κ3) is 7.19. The Bertz CT molecular complexity index is 697. The zero-order valence-corrected chi connectivity index (χ0v) is 19.0. The number of halogens is 1. The van der Waals surface area contributed by atoms with E-state index in [1.165, 1.54) is 0 Å². The molecule has 0 unspecified atom stereocenters. The molecule has 0 saturated carbocycles. The van der Waals surface area contributed by atoms with Gasteiger partial charge in [-0.2, -0.15) is 0 Å². The maximum absolute atomic E-state index is 12.8. The molecule has 1 aliphatic heterocycles. The third-order valence-electron chi connectivity index (χ3n) is 5.18. The fraction of sp³-hybridized carbons (Fsp3) is 0.636. The Balaban J connectivity index is 1.85. The predicted octanol–water partition coefficient (Wildman–Crippen LogP) is 4.02. The summed E-state index contributed by atoms with van der Waals surface area (Å²) in [6.07, 6.45) is 1.41. The average molecular weight is 424 g/mol. The van der Waals surface area contributed by atoms with Crippen molar-refractivity contribution in [2.75, 3.05) is 33.2 Å². The second-order valence-corrected chi connectivity index (χ2v) is 9.02. The van der Waals surface area contributed by atoms with Crippen LogP contribution < -0.4 is 0 Å². The van der Waals surface area contributed by atoms with E-state index >= 15 is 0 Å². The molecular formula is C22H34ClN3O3. The molecule has 0 bridgehead atoms. The van der Waals surface area contributed by atoms with Gasteiger partial charge >= 0.3 is 6.09 Å². The zero-order valence-electron chi connectivity index (χ0n) is 18.3. The van der Waals surface area contributed by atoms with Crippen molar-refractivity contribution in [2.45, 2.75) is 58.7 Å². The Morgan fingerprint density at radius 3 is 2.38 bits per heavy atom. The summed E-state index contributed by atoms with van der Waals surface area (Å²) in [5, 5.41) is 0.682. The summed E-state index contributed by atoms with van der Waals surface area (Å²) in [6, 6.07) is 7.90. The van der Waals surface area contributed by atoms with Crippen molar-refractivity contribution in [3.05, 3.63) is 34.9 Å². The van der Waals surface area contributed by atoms with Crippen molar-refractivity contribution in [1.82, 2.24) is 14.7 Å². The van der Waals surface area contributed by atoms with Crippen LogP contribution in [0, 0.1) is 0 Å². The second-order valence-electron chi connectivity index (χ2n) is 8.61. The fourth-order valence-electron chi connectivity index (χ4n) is 3.47. The van der Waals surface area contributed by atoms with E-state index in [-0.39, 0.29) is 18.0 Å². The minimum absolute atomic E-state index is 0.0875. The normalized spacial score (nSPS) is 15.5. The second kappa shape index (κ2) is 10.3. The Morgan fingerprint density at radius 2 is 1.83 bits per heavy atom. The van der Waals surface area contributed by atoms with Gasteiger partial charge in [0, 0.05) is 37.2 Å². The minimum atomic E-state index is -0.484. The van der Waals surface area contributed by atoms with Gasteiger partial charge in [0.1, 0.15) is 5.60 Å². The SMILES string of the molecule is CCN(Cc1ccccc1Cl)C(=O)CN(C)C1CCN(C(=O)OC(C)(C)C)CC1. The molecule has 2 amide bonds. The number of hydrogen-bond acceptors (Lipinski definition) is 4. The lowest BCUT2D eigenvalue weighted by molar-refractivity contribution is -0.133. The highest BCUT2D eigenvalue weighted by atomic mass is 35.5. The van der Waals surface area contributed by atoms with Gasteiger partial charge in [0.15, 0.2) is 0 Å². The highest BCUT2D eigenvalue weighted by molar-refractivity contribution is 6.31. The molecule has 0 spiro atoms. The van der Waals surface area contributed by atoms with Crippen molar-refractivity contribution in [1.29, 1.82) is 0 Å². The number of amides is 2. The van der Waals surface area contributed by atoms with Crippen LogP contribution in [0.25, 0.3) is 0 Å². The maximum atomic E-state index is 12.8. The zero-order chi connectivity index (χ0) is 21.6. The lowest BCUT2D eigenvalue weighted by Gasteiger charge is -2.37. The molecule has 0 atom stereocenters. The molecule has 1 heterocycles. The van der Waals surface area contributed by atoms with Crippen LogP contribution in [0.1, 0.15) is 46.1 Å². The van der Waals surface area contributed by atoms with Gasteiger partial charge in [-0.15, -0.1) is 0 Å². The van der Waals surface area contributed by atoms with Crippen LogP contribution in [0.5, 0.6) is 0 Å². The third-order valence-corrected chi connectivity index (χ3v) is 5.55. The van der Waals surface area contributed by atoms with Crippen LogP contribution in [0.2, 0.25) is 5.02 Å². The molecule has 6 nitrogen and oxygen atoms in total. The summed E-state index contributed by atoms with van der Waals surface area (Å²) in [5.74, 6) is 0.0875. The van der Waals surface area contributed by atoms with Gasteiger partial charge in [0.25, 0.3) is 0 Å². The van der Waals surface area contributed by atoms with Crippen molar-refractivity contribution in [3.63, 3.8) is 0 Å². The van der Waals surface area contributed by atoms with E-state index in [9.17, 15) is 9.59 Å². The summed E-state index contributed by atoms with van der Waals surface area (Å²) in [4.78, 5) is 30.7. The number of ether oxygens (including phenoxy) is 1. The van der Waals surface area contributed by atoms with Gasteiger partial charge in [-0.1, -0.05) is 29.8 Å². The molecule has 0 N–H and O–H groups in total. The molecule has 162 valence electrons. The lowest BCUT2D eigenvalue weighted by atomic mass is 10.0. The summed E-state index contributed by atoms with van der Waals surface area (Å²) in [7, 11) is 1.98. The largest absolute Gasteiger partial charge is 0.444 e. The molecular weight excluding hydrogens is 390 g/mol. The number of benzene rings is 1. The van der Waals surface area contributed by atoms with Crippen molar-refractivity contribution in [3.8, 4) is 0 Å². The summed E-state index contributed by atoms with van der Waals surface area (Å²) < 4.78 is 5.45. The molecule has 0 radical (unpaired) electrons. The molecule has 0 aliphatic carbocycles. The Labute approximate surface area is 179 Å². The van der Waals surface area contributed by atoms with Crippen LogP contribution in [0.3, 0.4) is 0 Å². The van der Waals surface area contributed by atoms with Crippen molar-refractivity contribution < 1.29 is 14.3 Å². The maximum Gasteiger partial charge on any atom is 0.410 e. The van der Waals surface area contributed by atoms with E-state index in [0.717, 1.165) is 18.4 Å². The molecule has 1 aromatic carbocycles. The summed E-state index contributed by atoms with van der Waals surface area (Å²) in [5.41, 5.74) is 0.472. The first-order valence-corrected chi connectivity index (χ1v) is 10.7. The van der Waals surface area contributed by atoms with Crippen LogP contribution in [0.15, 0.2) is 24.3 Å². The number of carbonyl (C=O) groups is 2. The van der Waals surface area contributed by atoms with Gasteiger partial charge in [0.05, 0.1) is 6.54 Å². The van der Waals surface area contributed by atoms with Gasteiger partial charge in [-0.05, 0) is 59.2 Å². The monoisotopic (exact) mass is 423 g/mol. The number of carbonyl (C=O) groups excluding carboxylic acids is 2. The molecule has 2 rings (SSSR count). The molecule has 1 aliphatic rings. The number of likely N-dealkylation sites (tertiary alicyclic amines) is 1. The molecule has 1 fully saturated rings. The van der Waals surface area contributed by atoms with Crippen molar-refractivity contribution in [2.24, 2.45) is 0 Å². The summed E-state index contributed by atoms with van der Waals surface area (Å²) in [6.45, 7) is 10.4. The molecule has 1 saturated heterocycles. The van der Waals surface area contributed by atoms with E-state index in [1.54, 1.807) is 4.90 Å². The standard InChI is InChI=1S/C22H34ClN3O3/c1-6-25(15-17-9-7-8-10-19(17)23)20(27)16-24(5)18-11-13-26(14-12-18)21(28)29-22(2,3)4/h7-10,18H,6,11-16H2,1-5H3. The van der Waals surface area contributed by atoms with E-state index in [1.807, 2.05) is 63.9 Å². The Kier molecular flexibility index (Phi) is 8.34. The number of hydrogen-bond donors (Lipinski definition) is 0. The van der Waals surface area contributed by atoms with E-state index in [0.29, 0.717) is 37.7 Å². The van der Waals surface area contributed by atoms with Crippen LogP contribution in [0.4, 0.5) is 4.79 Å². The van der Waals surface area contributed by atoms with Gasteiger partial charge in [0.2, 0.25) is 5.91 Å². The molecule has 0 aromatic heterocycles. The highest BCUT2D eigenvalue weighted by Crippen LogP contribution is 2.20. The first-order chi connectivity index (χ1) is 13.6. The van der Waals surface area contributed by atoms with Crippen LogP contribution in [-0.2, 0) is 16.1 Å². The predicted molar refractivity (Wildman–Crippen MR) is 116 cm³/mol. The Hall–Kier alpha value is -1.79. The van der Waals surface area contributed by atoms with Crippen molar-refractivity contribution >= 4 is 23.6 Å². The summed E-state index contributed by atoms with van der Waals surface area (Å²) >= 11 is 6.25. The van der Waals surface area contributed by atoms with E-state index in [4.69, 9.17) is 16.3 Å². The highest BCUT2D eigenvalue weighted by Gasteiger charge is 2.29. The number of likely N-dealkylation sites (N-methyl/N-ethyl adjacent to an activating group) is 2. The first kappa shape index (κ1) is 23.5. The topological polar surface area (TPSA) is 53.1 Å². The Morgan fingerprint density at radius 1 is 1.21 bits per heavy atom. The number of nitrogens with zero attached hydrogens (tertiary/aromatic N) is 3. The van der Waals surface area contributed by atoms with E-state index in [2.05, 4.69) is 4.90 Å². The van der Waals surface area contributed by atoms with Gasteiger partial charge < -0.3 is 14.5 Å². The number of piperidine rings is 1. The molecule has 1 aromatic rings. The smallest absolute Gasteiger partial charge is 0.410 e. The molecule has 7 heteroatoms. The fourth-order valence-corrected chi connectivity index (χ4v) is 3.66. The van der Waals surface area contributed by atoms with E-state index < -0.39 is 5.60 Å². The van der Waals surface area contributed by atoms with Gasteiger partial charge in [-0.3, -0.25) is 9.69 Å². The average Bonchev–Trinajstić information content (AvgIpc) is 2.66. The van der Waals surface area contributed by atoms with Gasteiger partial charge in [-0.25, -0.2) is 4.79 Å². The lowest BCUT2D eigenvalue weighted by Crippen LogP contribution is -2.49. The van der Waals surface area contributed by atoms with Crippen LogP contribution >= 0.6 is 11.6 Å². The number of rotatable bonds is 6. The van der Waals surface area contributed by atoms with Crippen LogP contribution in [-0.4, -0.2) is 71.6 Å². The quantitative estimate of drug-likeness (QED) is 0.693. The molecule has 29 heavy (non-hydrogen) atoms.